The number of nitrogens with zero attached hydrogens (tertiary/aromatic N) is 3. The maximum atomic E-state index is 12.2. The quantitative estimate of drug-likeness (QED) is 0.700. The Labute approximate surface area is 157 Å². The number of amides is 1. The van der Waals surface area contributed by atoms with Crippen LogP contribution in [0.25, 0.3) is 11.3 Å². The molecule has 27 heavy (non-hydrogen) atoms. The molecule has 0 bridgehead atoms. The van der Waals surface area contributed by atoms with E-state index in [4.69, 9.17) is 4.52 Å². The van der Waals surface area contributed by atoms with Gasteiger partial charge in [-0.05, 0) is 25.5 Å². The average molecular weight is 365 g/mol. The maximum Gasteiger partial charge on any atom is 0.242 e. The molecule has 3 aromatic rings. The molecule has 2 N–H and O–H groups in total. The summed E-state index contributed by atoms with van der Waals surface area (Å²) in [6, 6.07) is 13.6. The first-order chi connectivity index (χ1) is 13.3. The SMILES string of the molecule is O=C(Cn1ccc(C2CCCNC2)n1)NCc1cc(-c2ccccc2)no1. The first kappa shape index (κ1) is 17.5. The Bertz CT molecular complexity index is 881. The molecule has 1 saturated heterocycles. The standard InChI is InChI=1S/C20H23N5O2/c26-20(14-25-10-8-18(23-25)16-7-4-9-21-12-16)22-13-17-11-19(24-27-17)15-5-2-1-3-6-15/h1-3,5-6,8,10-11,16,21H,4,7,9,12-14H2,(H,22,26). The number of piperidine rings is 1. The highest BCUT2D eigenvalue weighted by Crippen LogP contribution is 2.21. The fourth-order valence-corrected chi connectivity index (χ4v) is 3.32. The van der Waals surface area contributed by atoms with Crippen LogP contribution in [0, 0.1) is 0 Å². The summed E-state index contributed by atoms with van der Waals surface area (Å²) in [5.41, 5.74) is 2.80. The Morgan fingerprint density at radius 3 is 3.00 bits per heavy atom. The van der Waals surface area contributed by atoms with Gasteiger partial charge in [0.25, 0.3) is 0 Å². The van der Waals surface area contributed by atoms with Crippen molar-refractivity contribution in [1.29, 1.82) is 0 Å². The van der Waals surface area contributed by atoms with Crippen LogP contribution in [0.3, 0.4) is 0 Å². The van der Waals surface area contributed by atoms with Gasteiger partial charge in [0.15, 0.2) is 5.76 Å². The summed E-state index contributed by atoms with van der Waals surface area (Å²) in [5, 5.41) is 14.9. The van der Waals surface area contributed by atoms with Crippen LogP contribution in [0.2, 0.25) is 0 Å². The van der Waals surface area contributed by atoms with Crippen molar-refractivity contribution < 1.29 is 9.32 Å². The molecule has 0 saturated carbocycles. The van der Waals surface area contributed by atoms with Crippen molar-refractivity contribution >= 4 is 5.91 Å². The second kappa shape index (κ2) is 8.18. The fraction of sp³-hybridized carbons (Fsp3) is 0.350. The summed E-state index contributed by atoms with van der Waals surface area (Å²) in [5.74, 6) is 0.953. The summed E-state index contributed by atoms with van der Waals surface area (Å²) in [4.78, 5) is 12.2. The van der Waals surface area contributed by atoms with Crippen LogP contribution in [0.4, 0.5) is 0 Å². The summed E-state index contributed by atoms with van der Waals surface area (Å²) >= 11 is 0. The monoisotopic (exact) mass is 365 g/mol. The summed E-state index contributed by atoms with van der Waals surface area (Å²) in [7, 11) is 0. The number of carbonyl (C=O) groups excluding carboxylic acids is 1. The van der Waals surface area contributed by atoms with Gasteiger partial charge in [0.1, 0.15) is 12.2 Å². The minimum atomic E-state index is -0.107. The molecule has 0 radical (unpaired) electrons. The summed E-state index contributed by atoms with van der Waals surface area (Å²) in [6.07, 6.45) is 4.18. The van der Waals surface area contributed by atoms with E-state index in [1.165, 1.54) is 6.42 Å². The van der Waals surface area contributed by atoms with Crippen LogP contribution in [0.5, 0.6) is 0 Å². The van der Waals surface area contributed by atoms with Crippen LogP contribution in [0.1, 0.15) is 30.2 Å². The van der Waals surface area contributed by atoms with E-state index >= 15 is 0 Å². The van der Waals surface area contributed by atoms with Crippen molar-refractivity contribution in [3.8, 4) is 11.3 Å². The van der Waals surface area contributed by atoms with Gasteiger partial charge >= 0.3 is 0 Å². The van der Waals surface area contributed by atoms with E-state index < -0.39 is 0 Å². The molecule has 1 aliphatic heterocycles. The van der Waals surface area contributed by atoms with Gasteiger partial charge in [-0.3, -0.25) is 9.48 Å². The topological polar surface area (TPSA) is 85.0 Å². The first-order valence-electron chi connectivity index (χ1n) is 9.30. The van der Waals surface area contributed by atoms with E-state index in [1.807, 2.05) is 48.7 Å². The average Bonchev–Trinajstić information content (AvgIpc) is 3.37. The zero-order valence-electron chi connectivity index (χ0n) is 15.1. The number of hydrogen-bond donors (Lipinski definition) is 2. The molecule has 3 heterocycles. The lowest BCUT2D eigenvalue weighted by atomic mass is 9.97. The van der Waals surface area contributed by atoms with Gasteiger partial charge in [-0.25, -0.2) is 0 Å². The van der Waals surface area contributed by atoms with E-state index in [0.717, 1.165) is 36.5 Å². The Balaban J connectivity index is 1.29. The number of nitrogens with one attached hydrogen (secondary N) is 2. The number of aromatic nitrogens is 3. The van der Waals surface area contributed by atoms with Crippen molar-refractivity contribution in [3.63, 3.8) is 0 Å². The van der Waals surface area contributed by atoms with Crippen LogP contribution < -0.4 is 10.6 Å². The van der Waals surface area contributed by atoms with Crippen molar-refractivity contribution in [1.82, 2.24) is 25.6 Å². The molecule has 4 rings (SSSR count). The summed E-state index contributed by atoms with van der Waals surface area (Å²) in [6.45, 7) is 2.53. The van der Waals surface area contributed by atoms with Gasteiger partial charge in [-0.15, -0.1) is 0 Å². The molecule has 140 valence electrons. The van der Waals surface area contributed by atoms with E-state index in [-0.39, 0.29) is 12.5 Å². The smallest absolute Gasteiger partial charge is 0.242 e. The lowest BCUT2D eigenvalue weighted by Gasteiger charge is -2.20. The second-order valence-electron chi connectivity index (χ2n) is 6.80. The third-order valence-electron chi connectivity index (χ3n) is 4.77. The molecule has 1 fully saturated rings. The molecule has 0 aliphatic carbocycles. The summed E-state index contributed by atoms with van der Waals surface area (Å²) < 4.78 is 7.00. The minimum Gasteiger partial charge on any atom is -0.359 e. The van der Waals surface area contributed by atoms with Gasteiger partial charge in [0, 0.05) is 30.3 Å². The lowest BCUT2D eigenvalue weighted by molar-refractivity contribution is -0.122. The van der Waals surface area contributed by atoms with Crippen LogP contribution >= 0.6 is 0 Å². The molecule has 1 aromatic carbocycles. The van der Waals surface area contributed by atoms with Gasteiger partial charge in [0.2, 0.25) is 5.91 Å². The van der Waals surface area contributed by atoms with Gasteiger partial charge in [0.05, 0.1) is 12.2 Å². The molecule has 1 aliphatic rings. The Morgan fingerprint density at radius 1 is 1.30 bits per heavy atom. The highest BCUT2D eigenvalue weighted by Gasteiger charge is 2.18. The molecular weight excluding hydrogens is 342 g/mol. The Hall–Kier alpha value is -2.93. The molecular formula is C20H23N5O2. The molecule has 1 amide bonds. The van der Waals surface area contributed by atoms with E-state index in [2.05, 4.69) is 20.9 Å². The zero-order chi connectivity index (χ0) is 18.5. The molecule has 1 unspecified atom stereocenters. The van der Waals surface area contributed by atoms with Gasteiger partial charge in [-0.1, -0.05) is 35.5 Å². The largest absolute Gasteiger partial charge is 0.359 e. The van der Waals surface area contributed by atoms with Gasteiger partial charge < -0.3 is 15.2 Å². The number of rotatable bonds is 6. The third kappa shape index (κ3) is 4.43. The predicted molar refractivity (Wildman–Crippen MR) is 101 cm³/mol. The minimum absolute atomic E-state index is 0.107. The highest BCUT2D eigenvalue weighted by molar-refractivity contribution is 5.75. The number of carbonyl (C=O) groups is 1. The Morgan fingerprint density at radius 2 is 2.19 bits per heavy atom. The molecule has 2 aromatic heterocycles. The zero-order valence-corrected chi connectivity index (χ0v) is 15.1. The molecule has 7 nitrogen and oxygen atoms in total. The molecule has 7 heteroatoms. The van der Waals surface area contributed by atoms with Crippen molar-refractivity contribution in [2.75, 3.05) is 13.1 Å². The van der Waals surface area contributed by atoms with Crippen molar-refractivity contribution in [3.05, 3.63) is 60.1 Å². The number of hydrogen-bond acceptors (Lipinski definition) is 5. The molecule has 0 spiro atoms. The fourth-order valence-electron chi connectivity index (χ4n) is 3.32. The lowest BCUT2D eigenvalue weighted by Crippen LogP contribution is -2.29. The maximum absolute atomic E-state index is 12.2. The van der Waals surface area contributed by atoms with Crippen molar-refractivity contribution in [2.45, 2.75) is 31.8 Å². The van der Waals surface area contributed by atoms with Gasteiger partial charge in [-0.2, -0.15) is 5.10 Å². The first-order valence-corrected chi connectivity index (χ1v) is 9.30. The molecule has 1 atom stereocenters. The Kier molecular flexibility index (Phi) is 5.29. The number of benzene rings is 1. The van der Waals surface area contributed by atoms with E-state index in [9.17, 15) is 4.79 Å². The van der Waals surface area contributed by atoms with Crippen LogP contribution in [-0.2, 0) is 17.9 Å². The van der Waals surface area contributed by atoms with Crippen LogP contribution in [-0.4, -0.2) is 33.9 Å². The third-order valence-corrected chi connectivity index (χ3v) is 4.77. The van der Waals surface area contributed by atoms with Crippen LogP contribution in [0.15, 0.2) is 53.2 Å². The van der Waals surface area contributed by atoms with E-state index in [1.54, 1.807) is 4.68 Å². The van der Waals surface area contributed by atoms with E-state index in [0.29, 0.717) is 18.2 Å². The van der Waals surface area contributed by atoms with Crippen molar-refractivity contribution in [2.24, 2.45) is 0 Å². The predicted octanol–water partition coefficient (Wildman–Crippen LogP) is 2.32. The second-order valence-corrected chi connectivity index (χ2v) is 6.80. The normalized spacial score (nSPS) is 17.0. The highest BCUT2D eigenvalue weighted by atomic mass is 16.5.